The molecule has 0 spiro atoms. The van der Waals surface area contributed by atoms with Gasteiger partial charge in [0.15, 0.2) is 0 Å². The Hall–Kier alpha value is -2.19. The van der Waals surface area contributed by atoms with Gasteiger partial charge in [-0.2, -0.15) is 0 Å². The Bertz CT molecular complexity index is 927. The summed E-state index contributed by atoms with van der Waals surface area (Å²) < 4.78 is 6.73. The van der Waals surface area contributed by atoms with Crippen LogP contribution in [0.5, 0.6) is 5.88 Å². The number of hydrogen-bond donors (Lipinski definition) is 1. The van der Waals surface area contributed by atoms with E-state index in [1.165, 1.54) is 0 Å². The normalized spacial score (nSPS) is 14.2. The highest BCUT2D eigenvalue weighted by molar-refractivity contribution is 9.10. The number of hydrogen-bond acceptors (Lipinski definition) is 6. The maximum atomic E-state index is 12.0. The van der Waals surface area contributed by atoms with Gasteiger partial charge in [-0.15, -0.1) is 0 Å². The monoisotopic (exact) mass is 408 g/mol. The number of nitrogens with zero attached hydrogens (tertiary/aromatic N) is 2. The molecule has 3 rings (SSSR count). The average molecular weight is 409 g/mol. The first-order valence-electron chi connectivity index (χ1n) is 7.13. The van der Waals surface area contributed by atoms with E-state index >= 15 is 0 Å². The highest BCUT2D eigenvalue weighted by atomic mass is 79.9. The molecule has 0 radical (unpaired) electrons. The molecule has 0 atom stereocenters. The summed E-state index contributed by atoms with van der Waals surface area (Å²) >= 11 is 4.28. The van der Waals surface area contributed by atoms with Gasteiger partial charge in [0.2, 0.25) is 5.88 Å². The van der Waals surface area contributed by atoms with Gasteiger partial charge in [-0.3, -0.25) is 19.1 Å². The molecule has 2 aromatic rings. The predicted octanol–water partition coefficient (Wildman–Crippen LogP) is 3.20. The van der Waals surface area contributed by atoms with Crippen molar-refractivity contribution in [1.29, 1.82) is 0 Å². The Morgan fingerprint density at radius 3 is 3.04 bits per heavy atom. The van der Waals surface area contributed by atoms with E-state index in [0.29, 0.717) is 4.88 Å². The van der Waals surface area contributed by atoms with Gasteiger partial charge in [0.25, 0.3) is 0 Å². The third-order valence-electron chi connectivity index (χ3n) is 3.39. The number of fused-ring (bicyclic) bond motifs is 1. The van der Waals surface area contributed by atoms with Gasteiger partial charge in [0, 0.05) is 21.8 Å². The van der Waals surface area contributed by atoms with Crippen molar-refractivity contribution in [2.45, 2.75) is 13.5 Å². The van der Waals surface area contributed by atoms with Crippen LogP contribution >= 0.6 is 27.3 Å². The number of thiazole rings is 1. The third kappa shape index (κ3) is 3.20. The topological polar surface area (TPSA) is 80.9 Å². The van der Waals surface area contributed by atoms with E-state index in [1.54, 1.807) is 19.2 Å². The van der Waals surface area contributed by atoms with Crippen LogP contribution in [0.3, 0.4) is 0 Å². The molecule has 1 aliphatic rings. The summed E-state index contributed by atoms with van der Waals surface area (Å²) in [4.78, 5) is 27.8. The highest BCUT2D eigenvalue weighted by Crippen LogP contribution is 2.36. The zero-order chi connectivity index (χ0) is 17.3. The quantitative estimate of drug-likeness (QED) is 0.787. The van der Waals surface area contributed by atoms with E-state index < -0.39 is 10.8 Å². The fourth-order valence-electron chi connectivity index (χ4n) is 2.30. The molecule has 0 unspecified atom stereocenters. The molecule has 1 aromatic carbocycles. The number of benzene rings is 1. The van der Waals surface area contributed by atoms with Gasteiger partial charge in [-0.25, -0.2) is 0 Å². The van der Waals surface area contributed by atoms with Crippen LogP contribution in [-0.4, -0.2) is 28.5 Å². The maximum Gasteiger partial charge on any atom is 0.326 e. The van der Waals surface area contributed by atoms with Crippen molar-refractivity contribution >= 4 is 56.8 Å². The molecule has 24 heavy (non-hydrogen) atoms. The SMILES string of the molecule is CCOC(=O)Cn1c(O)c(C=C2C=Nc3ccc(Br)cc32)sc1=O. The van der Waals surface area contributed by atoms with E-state index in [2.05, 4.69) is 20.9 Å². The second kappa shape index (κ2) is 6.74. The lowest BCUT2D eigenvalue weighted by Crippen LogP contribution is -2.20. The third-order valence-corrected chi connectivity index (χ3v) is 4.79. The second-order valence-electron chi connectivity index (χ2n) is 4.97. The standard InChI is InChI=1S/C16H13BrN2O4S/c1-2-23-14(20)8-19-15(21)13(24-16(19)22)5-9-7-18-12-4-3-10(17)6-11(9)12/h3-7,21H,2,8H2,1H3. The van der Waals surface area contributed by atoms with Crippen LogP contribution in [0.15, 0.2) is 32.5 Å². The van der Waals surface area contributed by atoms with Gasteiger partial charge < -0.3 is 9.84 Å². The minimum atomic E-state index is -0.566. The highest BCUT2D eigenvalue weighted by Gasteiger charge is 2.18. The van der Waals surface area contributed by atoms with Crippen molar-refractivity contribution in [3.05, 3.63) is 42.8 Å². The van der Waals surface area contributed by atoms with Gasteiger partial charge in [0.1, 0.15) is 6.54 Å². The van der Waals surface area contributed by atoms with Crippen molar-refractivity contribution in [1.82, 2.24) is 4.57 Å². The lowest BCUT2D eigenvalue weighted by atomic mass is 10.1. The van der Waals surface area contributed by atoms with Gasteiger partial charge in [0.05, 0.1) is 17.2 Å². The number of carbonyl (C=O) groups excluding carboxylic acids is 1. The van der Waals surface area contributed by atoms with Crippen molar-refractivity contribution in [2.75, 3.05) is 6.61 Å². The second-order valence-corrected chi connectivity index (χ2v) is 6.88. The summed E-state index contributed by atoms with van der Waals surface area (Å²) in [5, 5.41) is 10.3. The van der Waals surface area contributed by atoms with Crippen LogP contribution in [0.1, 0.15) is 17.4 Å². The van der Waals surface area contributed by atoms with E-state index in [-0.39, 0.29) is 19.0 Å². The van der Waals surface area contributed by atoms with Crippen LogP contribution < -0.4 is 4.87 Å². The fraction of sp³-hybridized carbons (Fsp3) is 0.188. The molecule has 6 nitrogen and oxygen atoms in total. The molecular formula is C16H13BrN2O4S. The number of esters is 1. The molecule has 0 saturated carbocycles. The Kier molecular flexibility index (Phi) is 4.68. The number of allylic oxidation sites excluding steroid dienone is 1. The Morgan fingerprint density at radius 1 is 1.50 bits per heavy atom. The van der Waals surface area contributed by atoms with Crippen molar-refractivity contribution in [3.8, 4) is 5.88 Å². The summed E-state index contributed by atoms with van der Waals surface area (Å²) in [6, 6.07) is 5.69. The minimum Gasteiger partial charge on any atom is -0.493 e. The fourth-order valence-corrected chi connectivity index (χ4v) is 3.50. The molecule has 2 heterocycles. The molecule has 1 aliphatic heterocycles. The number of rotatable bonds is 4. The number of ether oxygens (including phenoxy) is 1. The molecule has 0 bridgehead atoms. The summed E-state index contributed by atoms with van der Waals surface area (Å²) in [7, 11) is 0. The van der Waals surface area contributed by atoms with Gasteiger partial charge >= 0.3 is 10.8 Å². The molecule has 0 fully saturated rings. The smallest absolute Gasteiger partial charge is 0.326 e. The molecule has 0 saturated heterocycles. The lowest BCUT2D eigenvalue weighted by molar-refractivity contribution is -0.143. The van der Waals surface area contributed by atoms with Crippen molar-refractivity contribution in [3.63, 3.8) is 0 Å². The van der Waals surface area contributed by atoms with Crippen molar-refractivity contribution in [2.24, 2.45) is 4.99 Å². The summed E-state index contributed by atoms with van der Waals surface area (Å²) in [6.45, 7) is 1.59. The van der Waals surface area contributed by atoms with Crippen LogP contribution in [0.4, 0.5) is 5.69 Å². The number of aromatic hydroxyl groups is 1. The van der Waals surface area contributed by atoms with Crippen molar-refractivity contribution < 1.29 is 14.6 Å². The largest absolute Gasteiger partial charge is 0.493 e. The minimum absolute atomic E-state index is 0.220. The number of aliphatic imine (C=N–C) groups is 1. The van der Waals surface area contributed by atoms with Crippen LogP contribution in [0.2, 0.25) is 0 Å². The maximum absolute atomic E-state index is 12.0. The number of carbonyl (C=O) groups is 1. The Balaban J connectivity index is 1.96. The molecule has 1 N–H and O–H groups in total. The van der Waals surface area contributed by atoms with E-state index in [4.69, 9.17) is 4.74 Å². The predicted molar refractivity (Wildman–Crippen MR) is 97.0 cm³/mol. The first-order chi connectivity index (χ1) is 11.5. The van der Waals surface area contributed by atoms with E-state index in [9.17, 15) is 14.7 Å². The average Bonchev–Trinajstić information content (AvgIpc) is 3.04. The number of halogens is 1. The summed E-state index contributed by atoms with van der Waals surface area (Å²) in [5.74, 6) is -0.814. The van der Waals surface area contributed by atoms with Crippen LogP contribution in [0.25, 0.3) is 11.6 Å². The van der Waals surface area contributed by atoms with Crippen LogP contribution in [0, 0.1) is 0 Å². The first kappa shape index (κ1) is 16.7. The molecule has 0 amide bonds. The van der Waals surface area contributed by atoms with E-state index in [1.807, 2.05) is 18.2 Å². The molecule has 8 heteroatoms. The molecule has 0 aliphatic carbocycles. The lowest BCUT2D eigenvalue weighted by Gasteiger charge is -2.03. The number of aromatic nitrogens is 1. The summed E-state index contributed by atoms with van der Waals surface area (Å²) in [6.07, 6.45) is 3.36. The molecule has 124 valence electrons. The Morgan fingerprint density at radius 2 is 2.29 bits per heavy atom. The summed E-state index contributed by atoms with van der Waals surface area (Å²) in [5.41, 5.74) is 2.51. The van der Waals surface area contributed by atoms with Gasteiger partial charge in [-0.1, -0.05) is 27.3 Å². The zero-order valence-electron chi connectivity index (χ0n) is 12.7. The molecule has 1 aromatic heterocycles. The van der Waals surface area contributed by atoms with Crippen LogP contribution in [-0.2, 0) is 16.1 Å². The van der Waals surface area contributed by atoms with Gasteiger partial charge in [-0.05, 0) is 31.2 Å². The Labute approximate surface area is 149 Å². The van der Waals surface area contributed by atoms with E-state index in [0.717, 1.165) is 37.2 Å². The first-order valence-corrected chi connectivity index (χ1v) is 8.74. The molecular weight excluding hydrogens is 396 g/mol. The zero-order valence-corrected chi connectivity index (χ0v) is 15.1.